The molecule has 15 nitrogen and oxygen atoms in total. The summed E-state index contributed by atoms with van der Waals surface area (Å²) in [7, 11) is -4.74. The minimum Gasteiger partial charge on any atom is -0.489 e. The smallest absolute Gasteiger partial charge is 0.297 e. The van der Waals surface area contributed by atoms with Crippen molar-refractivity contribution in [3.05, 3.63) is 112 Å². The number of nitro benzene ring substituents is 1. The normalized spacial score (nSPS) is 24.6. The Labute approximate surface area is 401 Å². The summed E-state index contributed by atoms with van der Waals surface area (Å²) in [6.45, 7) is 14.0. The van der Waals surface area contributed by atoms with Crippen LogP contribution >= 0.6 is 0 Å². The molecule has 2 saturated carbocycles. The highest BCUT2D eigenvalue weighted by atomic mass is 32.2. The fourth-order valence-corrected chi connectivity index (χ4v) is 12.8. The van der Waals surface area contributed by atoms with E-state index < -0.39 is 42.9 Å². The van der Waals surface area contributed by atoms with E-state index in [0.29, 0.717) is 43.6 Å². The number of nitrogens with one attached hydrogen (secondary N) is 3. The molecule has 2 aromatic heterocycles. The molecule has 3 atom stereocenters. The number of piperidine rings is 1. The Morgan fingerprint density at radius 1 is 1.06 bits per heavy atom. The van der Waals surface area contributed by atoms with Crippen molar-refractivity contribution in [3.8, 4) is 17.2 Å². The molecule has 364 valence electrons. The summed E-state index contributed by atoms with van der Waals surface area (Å²) < 4.78 is 57.5. The van der Waals surface area contributed by atoms with Crippen LogP contribution in [0, 0.1) is 27.3 Å². The zero-order valence-corrected chi connectivity index (χ0v) is 40.1. The van der Waals surface area contributed by atoms with Crippen molar-refractivity contribution >= 4 is 50.1 Å². The van der Waals surface area contributed by atoms with Gasteiger partial charge in [0.25, 0.3) is 21.6 Å². The molecule has 69 heavy (non-hydrogen) atoms. The minimum absolute atomic E-state index is 0.0105. The quantitative estimate of drug-likeness (QED) is 0.0685. The number of hydrogen-bond acceptors (Lipinski definition) is 12. The Balaban J connectivity index is 0.884. The molecule has 4 N–H and O–H groups in total. The number of likely N-dealkylation sites (tertiary alicyclic amines) is 1. The number of nitro groups is 1. The molecular weight excluding hydrogens is 902 g/mol. The van der Waals surface area contributed by atoms with E-state index in [1.807, 2.05) is 0 Å². The number of aliphatic hydroxyl groups is 1. The van der Waals surface area contributed by atoms with Gasteiger partial charge in [-0.2, -0.15) is 0 Å². The largest absolute Gasteiger partial charge is 0.489 e. The lowest BCUT2D eigenvalue weighted by molar-refractivity contribution is -0.384. The molecule has 5 aromatic rings. The van der Waals surface area contributed by atoms with Gasteiger partial charge in [-0.3, -0.25) is 19.8 Å². The number of fused-ring (bicyclic) bond motifs is 2. The maximum absolute atomic E-state index is 14.9. The molecule has 4 fully saturated rings. The molecule has 0 bridgehead atoms. The first-order valence-electron chi connectivity index (χ1n) is 24.2. The summed E-state index contributed by atoms with van der Waals surface area (Å²) in [5.74, 6) is -0.471. The van der Waals surface area contributed by atoms with Gasteiger partial charge in [0.15, 0.2) is 17.2 Å². The third-order valence-electron chi connectivity index (χ3n) is 15.7. The van der Waals surface area contributed by atoms with Crippen LogP contribution in [0.3, 0.4) is 0 Å². The van der Waals surface area contributed by atoms with Gasteiger partial charge >= 0.3 is 0 Å². The highest BCUT2D eigenvalue weighted by molar-refractivity contribution is 7.90. The molecule has 2 saturated heterocycles. The summed E-state index contributed by atoms with van der Waals surface area (Å²) in [5.41, 5.74) is 3.06. The summed E-state index contributed by atoms with van der Waals surface area (Å²) in [5, 5.41) is 26.3. The van der Waals surface area contributed by atoms with Crippen LogP contribution in [0.5, 0.6) is 17.2 Å². The van der Waals surface area contributed by atoms with E-state index in [1.54, 1.807) is 19.1 Å². The second-order valence-electron chi connectivity index (χ2n) is 20.6. The summed E-state index contributed by atoms with van der Waals surface area (Å²) >= 11 is 0. The lowest BCUT2D eigenvalue weighted by atomic mass is 9.70. The summed E-state index contributed by atoms with van der Waals surface area (Å²) in [6.07, 6.45) is 10.8. The Hall–Kier alpha value is -6.04. The lowest BCUT2D eigenvalue weighted by Crippen LogP contribution is -2.63. The number of sulfonamides is 1. The van der Waals surface area contributed by atoms with Crippen LogP contribution in [-0.2, 0) is 10.0 Å². The molecule has 1 unspecified atom stereocenters. The third-order valence-corrected chi connectivity index (χ3v) is 17.0. The highest BCUT2D eigenvalue weighted by Gasteiger charge is 2.49. The monoisotopic (exact) mass is 961 g/mol. The van der Waals surface area contributed by atoms with Crippen LogP contribution in [0.1, 0.15) is 118 Å². The van der Waals surface area contributed by atoms with Gasteiger partial charge in [0.1, 0.15) is 29.5 Å². The van der Waals surface area contributed by atoms with Crippen molar-refractivity contribution in [1.29, 1.82) is 0 Å². The number of halogens is 1. The van der Waals surface area contributed by atoms with Crippen molar-refractivity contribution < 1.29 is 37.1 Å². The topological polar surface area (TPSA) is 192 Å². The van der Waals surface area contributed by atoms with Crippen molar-refractivity contribution in [3.63, 3.8) is 0 Å². The predicted molar refractivity (Wildman–Crippen MR) is 262 cm³/mol. The number of rotatable bonds is 12. The van der Waals surface area contributed by atoms with E-state index in [1.165, 1.54) is 60.9 Å². The van der Waals surface area contributed by atoms with Gasteiger partial charge < -0.3 is 29.8 Å². The van der Waals surface area contributed by atoms with Crippen LogP contribution in [0.2, 0.25) is 0 Å². The van der Waals surface area contributed by atoms with Crippen molar-refractivity contribution in [2.45, 2.75) is 113 Å². The molecule has 5 aliphatic rings. The van der Waals surface area contributed by atoms with Crippen molar-refractivity contribution in [2.24, 2.45) is 11.3 Å². The predicted octanol–water partition coefficient (Wildman–Crippen LogP) is 9.64. The van der Waals surface area contributed by atoms with Crippen molar-refractivity contribution in [2.75, 3.05) is 43.0 Å². The minimum atomic E-state index is -4.74. The van der Waals surface area contributed by atoms with Crippen LogP contribution in [0.15, 0.2) is 78.3 Å². The maximum atomic E-state index is 14.9. The van der Waals surface area contributed by atoms with Gasteiger partial charge in [0.2, 0.25) is 0 Å². The number of ether oxygens (including phenoxy) is 2. The Morgan fingerprint density at radius 2 is 1.81 bits per heavy atom. The van der Waals surface area contributed by atoms with Gasteiger partial charge in [-0.25, -0.2) is 22.5 Å². The van der Waals surface area contributed by atoms with E-state index in [0.717, 1.165) is 50.8 Å². The molecule has 0 radical (unpaired) electrons. The number of carbonyl (C=O) groups excluding carboxylic acids is 1. The molecule has 3 aromatic carbocycles. The number of H-pyrrole nitrogens is 1. The number of aromatic nitrogens is 2. The molecule has 1 spiro atoms. The second-order valence-corrected chi connectivity index (χ2v) is 22.3. The van der Waals surface area contributed by atoms with E-state index >= 15 is 0 Å². The van der Waals surface area contributed by atoms with Gasteiger partial charge in [-0.05, 0) is 117 Å². The molecule has 10 rings (SSSR count). The van der Waals surface area contributed by atoms with Gasteiger partial charge in [-0.1, -0.05) is 51.1 Å². The third kappa shape index (κ3) is 9.04. The first kappa shape index (κ1) is 46.7. The fraction of sp³-hybridized carbons (Fsp3) is 0.462. The Morgan fingerprint density at radius 3 is 2.54 bits per heavy atom. The number of benzene rings is 3. The molecule has 17 heteroatoms. The van der Waals surface area contributed by atoms with Crippen LogP contribution in [0.25, 0.3) is 17.1 Å². The standard InChI is InChI=1S/C52H60FN7O8S/c1-5-41-46(26-39-40(53)27-54-49(39)56-41)68-45-23-33(58-21-19-52(20-22-58)29-59(30-52)43-12-8-11-37(43)36-10-7-6-9-35(36)31(2)3)13-14-38(45)50(61)57-69(65,66)34-24-44(60(63)64)48-47(25-34)67-28-42(55-48)32-15-17-51(4,62)18-16-32/h5-7,9-10,13-14,23-27,31-32,37,42-43,55,62H,1,8,11-12,15-22,28-30H2,2-4H3,(H,54,56)(H,57,61)/t32?,37-,42-,43?,51?/m1/s1. The van der Waals surface area contributed by atoms with Crippen LogP contribution in [-0.4, -0.2) is 89.7 Å². The Kier molecular flexibility index (Phi) is 12.2. The molecule has 5 heterocycles. The SMILES string of the molecule is C=Cc1nc2[nH]cc(F)c2cc1Oc1cc(N2CCC3(CC2)CN(C2CCC[C@@H]2c2ccccc2C(C)C)C3)ccc1C(=O)NS(=O)(=O)c1cc2c(c([N+](=O)[O-])c1)N[C@@H](C1CCC(C)(O)CC1)CO2. The van der Waals surface area contributed by atoms with Crippen LogP contribution < -0.4 is 24.4 Å². The number of pyridine rings is 1. The van der Waals surface area contributed by atoms with Gasteiger partial charge in [0.05, 0.1) is 32.4 Å². The maximum Gasteiger partial charge on any atom is 0.297 e. The summed E-state index contributed by atoms with van der Waals surface area (Å²) in [4.78, 5) is 37.6. The van der Waals surface area contributed by atoms with Gasteiger partial charge in [0, 0.05) is 62.3 Å². The van der Waals surface area contributed by atoms with Gasteiger partial charge in [-0.15, -0.1) is 0 Å². The number of carbonyl (C=O) groups is 1. The molecule has 2 aliphatic carbocycles. The number of hydrogen-bond donors (Lipinski definition) is 4. The highest BCUT2D eigenvalue weighted by Crippen LogP contribution is 2.49. The molecule has 1 amide bonds. The summed E-state index contributed by atoms with van der Waals surface area (Å²) in [6, 6.07) is 17.6. The van der Waals surface area contributed by atoms with E-state index in [2.05, 4.69) is 74.5 Å². The molecular formula is C52H60FN7O8S. The van der Waals surface area contributed by atoms with E-state index in [4.69, 9.17) is 9.47 Å². The lowest BCUT2D eigenvalue weighted by Gasteiger charge is -2.57. The number of anilines is 2. The fourth-order valence-electron chi connectivity index (χ4n) is 11.8. The van der Waals surface area contributed by atoms with E-state index in [9.17, 15) is 32.8 Å². The zero-order chi connectivity index (χ0) is 48.4. The number of amides is 1. The average Bonchev–Trinajstić information content (AvgIpc) is 3.96. The first-order valence-corrected chi connectivity index (χ1v) is 25.7. The van der Waals surface area contributed by atoms with E-state index in [-0.39, 0.29) is 69.2 Å². The Bertz CT molecular complexity index is 2930. The second kappa shape index (κ2) is 18.0. The van der Waals surface area contributed by atoms with Crippen LogP contribution in [0.4, 0.5) is 21.5 Å². The molecule has 3 aliphatic heterocycles. The zero-order valence-electron chi connectivity index (χ0n) is 39.3. The number of aromatic amines is 1. The first-order chi connectivity index (χ1) is 33.0. The number of nitrogens with zero attached hydrogens (tertiary/aromatic N) is 4. The average molecular weight is 962 g/mol. The van der Waals surface area contributed by atoms with Crippen molar-refractivity contribution in [1.82, 2.24) is 19.6 Å².